The molecule has 1 saturated carbocycles. The van der Waals surface area contributed by atoms with Crippen LogP contribution < -0.4 is 4.74 Å². The number of carbonyl (C=O) groups is 1. The number of allylic oxidation sites excluding steroid dienone is 3. The summed E-state index contributed by atoms with van der Waals surface area (Å²) in [6, 6.07) is 8.07. The van der Waals surface area contributed by atoms with Gasteiger partial charge >= 0.3 is 0 Å². The van der Waals surface area contributed by atoms with Crippen molar-refractivity contribution in [3.05, 3.63) is 53.3 Å². The van der Waals surface area contributed by atoms with Crippen LogP contribution in [0.15, 0.2) is 47.7 Å². The Hall–Kier alpha value is -2.11. The molecule has 1 aromatic carbocycles. The van der Waals surface area contributed by atoms with Crippen molar-refractivity contribution >= 4 is 5.78 Å². The van der Waals surface area contributed by atoms with Crippen LogP contribution in [0.4, 0.5) is 0 Å². The molecule has 0 N–H and O–H groups in total. The van der Waals surface area contributed by atoms with E-state index in [-0.39, 0.29) is 40.7 Å². The lowest BCUT2D eigenvalue weighted by Gasteiger charge is -2.55. The van der Waals surface area contributed by atoms with Crippen molar-refractivity contribution in [3.63, 3.8) is 0 Å². The van der Waals surface area contributed by atoms with E-state index in [1.165, 1.54) is 0 Å². The van der Waals surface area contributed by atoms with Gasteiger partial charge in [0.25, 0.3) is 0 Å². The molecule has 5 atom stereocenters. The van der Waals surface area contributed by atoms with Crippen LogP contribution in [0.25, 0.3) is 0 Å². The third kappa shape index (κ3) is 4.57. The van der Waals surface area contributed by atoms with E-state index < -0.39 is 0 Å². The van der Waals surface area contributed by atoms with Gasteiger partial charge in [0, 0.05) is 24.5 Å². The average molecular weight is 469 g/mol. The van der Waals surface area contributed by atoms with Gasteiger partial charge < -0.3 is 18.9 Å². The van der Waals surface area contributed by atoms with Gasteiger partial charge in [-0.2, -0.15) is 0 Å². The number of fused-ring (bicyclic) bond motifs is 2. The Labute approximate surface area is 204 Å². The van der Waals surface area contributed by atoms with Crippen molar-refractivity contribution in [2.75, 3.05) is 21.3 Å². The second-order valence-corrected chi connectivity index (χ2v) is 11.0. The maximum atomic E-state index is 12.8. The van der Waals surface area contributed by atoms with Gasteiger partial charge in [0.05, 0.1) is 38.8 Å². The minimum absolute atomic E-state index is 0.0900. The van der Waals surface area contributed by atoms with E-state index in [9.17, 15) is 4.79 Å². The van der Waals surface area contributed by atoms with Crippen LogP contribution in [0.1, 0.15) is 58.4 Å². The summed E-state index contributed by atoms with van der Waals surface area (Å²) in [5.74, 6) is 2.58. The van der Waals surface area contributed by atoms with Gasteiger partial charge in [-0.1, -0.05) is 39.0 Å². The standard InChI is InChI=1S/C29H40O5/c1-28(2)25-17-24(32-5)22-15-20(16-23(22)30)9-12-27(33-6)29(25,3)14-13-26(28)34-18-19-7-10-21(31-4)11-8-19/h7-8,10-12,15,20,24-26H,9,13-14,16-18H2,1-6H3/b27-12+/t20-,24-,25-,26+,29-/m1/s1. The van der Waals surface area contributed by atoms with Gasteiger partial charge in [-0.05, 0) is 66.7 Å². The summed E-state index contributed by atoms with van der Waals surface area (Å²) in [6.45, 7) is 7.52. The van der Waals surface area contributed by atoms with Crippen LogP contribution in [0.3, 0.4) is 0 Å². The normalized spacial score (nSPS) is 34.5. The van der Waals surface area contributed by atoms with Crippen molar-refractivity contribution in [3.8, 4) is 5.75 Å². The van der Waals surface area contributed by atoms with Crippen LogP contribution in [-0.2, 0) is 25.6 Å². The first-order valence-electron chi connectivity index (χ1n) is 12.5. The highest BCUT2D eigenvalue weighted by atomic mass is 16.5. The molecular weight excluding hydrogens is 428 g/mol. The van der Waals surface area contributed by atoms with E-state index in [0.29, 0.717) is 13.0 Å². The van der Waals surface area contributed by atoms with Gasteiger partial charge in [0.15, 0.2) is 5.78 Å². The monoisotopic (exact) mass is 468 g/mol. The topological polar surface area (TPSA) is 54.0 Å². The smallest absolute Gasteiger partial charge is 0.161 e. The lowest BCUT2D eigenvalue weighted by molar-refractivity contribution is -0.141. The molecule has 5 heteroatoms. The molecule has 0 unspecified atom stereocenters. The Kier molecular flexibility index (Phi) is 7.25. The highest BCUT2D eigenvalue weighted by Gasteiger charge is 2.55. The molecule has 3 aliphatic rings. The Morgan fingerprint density at radius 3 is 2.41 bits per heavy atom. The summed E-state index contributed by atoms with van der Waals surface area (Å²) >= 11 is 0. The van der Waals surface area contributed by atoms with E-state index >= 15 is 0 Å². The fraction of sp³-hybridized carbons (Fsp3) is 0.621. The lowest BCUT2D eigenvalue weighted by Crippen LogP contribution is -2.53. The van der Waals surface area contributed by atoms with Crippen molar-refractivity contribution in [2.24, 2.45) is 22.7 Å². The molecule has 4 rings (SSSR count). The molecule has 0 radical (unpaired) electrons. The van der Waals surface area contributed by atoms with E-state index in [1.807, 2.05) is 12.1 Å². The minimum atomic E-state index is -0.197. The lowest BCUT2D eigenvalue weighted by atomic mass is 9.52. The zero-order valence-electron chi connectivity index (χ0n) is 21.6. The van der Waals surface area contributed by atoms with Crippen LogP contribution in [0, 0.1) is 22.7 Å². The first-order chi connectivity index (χ1) is 16.2. The predicted octanol–water partition coefficient (Wildman–Crippen LogP) is 5.88. The van der Waals surface area contributed by atoms with Gasteiger partial charge in [-0.25, -0.2) is 0 Å². The van der Waals surface area contributed by atoms with Gasteiger partial charge in [0.2, 0.25) is 0 Å². The Bertz CT molecular complexity index is 944. The molecule has 186 valence electrons. The molecule has 0 aromatic heterocycles. The molecular formula is C29H40O5. The molecule has 0 amide bonds. The zero-order chi connectivity index (χ0) is 24.5. The van der Waals surface area contributed by atoms with Crippen molar-refractivity contribution < 1.29 is 23.7 Å². The van der Waals surface area contributed by atoms with Crippen molar-refractivity contribution in [1.82, 2.24) is 0 Å². The highest BCUT2D eigenvalue weighted by molar-refractivity contribution is 5.99. The van der Waals surface area contributed by atoms with Gasteiger partial charge in [0.1, 0.15) is 5.75 Å². The summed E-state index contributed by atoms with van der Waals surface area (Å²) < 4.78 is 23.9. The fourth-order valence-electron chi connectivity index (χ4n) is 6.67. The molecule has 0 aliphatic heterocycles. The number of methoxy groups -OCH3 is 3. The quantitative estimate of drug-likeness (QED) is 0.522. The third-order valence-corrected chi connectivity index (χ3v) is 8.69. The molecule has 0 saturated heterocycles. The number of hydrogen-bond acceptors (Lipinski definition) is 5. The van der Waals surface area contributed by atoms with Crippen LogP contribution in [0.5, 0.6) is 5.75 Å². The molecule has 1 aromatic rings. The summed E-state index contributed by atoms with van der Waals surface area (Å²) in [7, 11) is 5.20. The predicted molar refractivity (Wildman–Crippen MR) is 133 cm³/mol. The maximum Gasteiger partial charge on any atom is 0.161 e. The Morgan fingerprint density at radius 2 is 1.76 bits per heavy atom. The second kappa shape index (κ2) is 9.87. The number of hydrogen-bond donors (Lipinski definition) is 0. The number of ether oxygens (including phenoxy) is 4. The van der Waals surface area contributed by atoms with Gasteiger partial charge in [-0.15, -0.1) is 0 Å². The number of ketones is 1. The Morgan fingerprint density at radius 1 is 1.03 bits per heavy atom. The van der Waals surface area contributed by atoms with E-state index in [1.54, 1.807) is 21.3 Å². The molecule has 2 bridgehead atoms. The SMILES string of the molecule is CO/C1=C/C[C@@H]2C=C(C(=O)C2)[C@H](OC)C[C@@H]2C(C)(C)[C@@H](OCc3ccc(OC)cc3)CC[C@@]12C. The number of Topliss-reactive ketones (excluding diaryl/α,β-unsaturated/α-hetero) is 1. The molecule has 3 aliphatic carbocycles. The number of rotatable bonds is 6. The largest absolute Gasteiger partial charge is 0.501 e. The van der Waals surface area contributed by atoms with Crippen LogP contribution in [0.2, 0.25) is 0 Å². The van der Waals surface area contributed by atoms with Crippen molar-refractivity contribution in [1.29, 1.82) is 0 Å². The first kappa shape index (κ1) is 25.0. The van der Waals surface area contributed by atoms with E-state index in [4.69, 9.17) is 18.9 Å². The number of benzene rings is 1. The molecule has 0 spiro atoms. The summed E-state index contributed by atoms with van der Waals surface area (Å²) in [5, 5.41) is 0. The highest BCUT2D eigenvalue weighted by Crippen LogP contribution is 2.58. The van der Waals surface area contributed by atoms with E-state index in [2.05, 4.69) is 45.1 Å². The molecule has 34 heavy (non-hydrogen) atoms. The first-order valence-corrected chi connectivity index (χ1v) is 12.5. The average Bonchev–Trinajstić information content (AvgIpc) is 3.18. The summed E-state index contributed by atoms with van der Waals surface area (Å²) in [5.41, 5.74) is 1.71. The third-order valence-electron chi connectivity index (χ3n) is 8.69. The maximum absolute atomic E-state index is 12.8. The number of carbonyl (C=O) groups excluding carboxylic acids is 1. The van der Waals surface area contributed by atoms with Crippen molar-refractivity contribution in [2.45, 2.75) is 71.7 Å². The summed E-state index contributed by atoms with van der Waals surface area (Å²) in [4.78, 5) is 12.8. The van der Waals surface area contributed by atoms with Crippen LogP contribution in [-0.4, -0.2) is 39.3 Å². The van der Waals surface area contributed by atoms with E-state index in [0.717, 1.165) is 48.3 Å². The molecule has 5 nitrogen and oxygen atoms in total. The minimum Gasteiger partial charge on any atom is -0.501 e. The van der Waals surface area contributed by atoms with Crippen LogP contribution >= 0.6 is 0 Å². The fourth-order valence-corrected chi connectivity index (χ4v) is 6.67. The second-order valence-electron chi connectivity index (χ2n) is 11.0. The molecule has 1 fully saturated rings. The summed E-state index contributed by atoms with van der Waals surface area (Å²) in [6.07, 6.45) is 8.39. The Balaban J connectivity index is 1.63. The van der Waals surface area contributed by atoms with Gasteiger partial charge in [-0.3, -0.25) is 4.79 Å². The molecule has 0 heterocycles. The zero-order valence-corrected chi connectivity index (χ0v) is 21.6.